The number of sulfone groups is 1. The predicted octanol–water partition coefficient (Wildman–Crippen LogP) is 2.50. The highest BCUT2D eigenvalue weighted by Gasteiger charge is 2.16. The molecule has 0 radical (unpaired) electrons. The highest BCUT2D eigenvalue weighted by atomic mass is 32.2. The fourth-order valence-corrected chi connectivity index (χ4v) is 3.47. The molecule has 0 aliphatic heterocycles. The van der Waals surface area contributed by atoms with E-state index in [4.69, 9.17) is 9.15 Å². The SMILES string of the molecule is COc1cccc(S(=O)(=O)CCN(C)Cc2ccc(C)o2)c1. The average molecular weight is 323 g/mol. The van der Waals surface area contributed by atoms with Gasteiger partial charge in [0.15, 0.2) is 9.84 Å². The Hall–Kier alpha value is -1.79. The van der Waals surface area contributed by atoms with Gasteiger partial charge in [-0.25, -0.2) is 8.42 Å². The fraction of sp³-hybridized carbons (Fsp3) is 0.375. The first kappa shape index (κ1) is 16.6. The van der Waals surface area contributed by atoms with Crippen molar-refractivity contribution in [1.29, 1.82) is 0 Å². The molecule has 1 heterocycles. The Morgan fingerprint density at radius 3 is 2.64 bits per heavy atom. The molecule has 0 N–H and O–H groups in total. The molecular formula is C16H21NO4S. The number of ether oxygens (including phenoxy) is 1. The van der Waals surface area contributed by atoms with E-state index in [0.29, 0.717) is 18.8 Å². The van der Waals surface area contributed by atoms with Gasteiger partial charge in [0.1, 0.15) is 17.3 Å². The summed E-state index contributed by atoms with van der Waals surface area (Å²) in [6.07, 6.45) is 0. The molecule has 22 heavy (non-hydrogen) atoms. The molecule has 0 aliphatic rings. The molecule has 0 aliphatic carbocycles. The molecule has 0 atom stereocenters. The van der Waals surface area contributed by atoms with Crippen molar-refractivity contribution < 1.29 is 17.6 Å². The molecule has 0 saturated heterocycles. The Morgan fingerprint density at radius 1 is 1.23 bits per heavy atom. The summed E-state index contributed by atoms with van der Waals surface area (Å²) in [5.41, 5.74) is 0. The average Bonchev–Trinajstić information content (AvgIpc) is 2.90. The van der Waals surface area contributed by atoms with Gasteiger partial charge in [0.05, 0.1) is 24.3 Å². The lowest BCUT2D eigenvalue weighted by molar-refractivity contribution is 0.306. The second-order valence-corrected chi connectivity index (χ2v) is 7.36. The summed E-state index contributed by atoms with van der Waals surface area (Å²) >= 11 is 0. The third-order valence-corrected chi connectivity index (χ3v) is 5.06. The maximum absolute atomic E-state index is 12.4. The van der Waals surface area contributed by atoms with Crippen LogP contribution in [-0.4, -0.2) is 39.8 Å². The van der Waals surface area contributed by atoms with Crippen LogP contribution < -0.4 is 4.74 Å². The largest absolute Gasteiger partial charge is 0.497 e. The van der Waals surface area contributed by atoms with E-state index in [1.54, 1.807) is 24.3 Å². The van der Waals surface area contributed by atoms with E-state index in [-0.39, 0.29) is 10.6 Å². The van der Waals surface area contributed by atoms with Crippen LogP contribution in [0.1, 0.15) is 11.5 Å². The standard InChI is InChI=1S/C16H21NO4S/c1-13-7-8-15(21-13)12-17(2)9-10-22(18,19)16-6-4-5-14(11-16)20-3/h4-8,11H,9-10,12H2,1-3H3. The van der Waals surface area contributed by atoms with Crippen LogP contribution in [-0.2, 0) is 16.4 Å². The molecule has 1 aromatic carbocycles. The Kier molecular flexibility index (Phi) is 5.26. The van der Waals surface area contributed by atoms with Crippen molar-refractivity contribution in [3.63, 3.8) is 0 Å². The first-order valence-electron chi connectivity index (χ1n) is 7.01. The number of hydrogen-bond acceptors (Lipinski definition) is 5. The maximum Gasteiger partial charge on any atom is 0.179 e. The molecule has 2 aromatic rings. The van der Waals surface area contributed by atoms with Crippen molar-refractivity contribution in [3.05, 3.63) is 47.9 Å². The molecular weight excluding hydrogens is 302 g/mol. The van der Waals surface area contributed by atoms with Crippen LogP contribution >= 0.6 is 0 Å². The van der Waals surface area contributed by atoms with E-state index in [9.17, 15) is 8.42 Å². The summed E-state index contributed by atoms with van der Waals surface area (Å²) in [5, 5.41) is 0. The van der Waals surface area contributed by atoms with Crippen molar-refractivity contribution >= 4 is 9.84 Å². The molecule has 0 bridgehead atoms. The lowest BCUT2D eigenvalue weighted by atomic mass is 10.3. The van der Waals surface area contributed by atoms with Crippen molar-refractivity contribution in [3.8, 4) is 5.75 Å². The summed E-state index contributed by atoms with van der Waals surface area (Å²) in [6.45, 7) is 2.90. The monoisotopic (exact) mass is 323 g/mol. The summed E-state index contributed by atoms with van der Waals surface area (Å²) in [6, 6.07) is 10.4. The smallest absolute Gasteiger partial charge is 0.179 e. The molecule has 2 rings (SSSR count). The van der Waals surface area contributed by atoms with Gasteiger partial charge in [-0.15, -0.1) is 0 Å². The number of nitrogens with zero attached hydrogens (tertiary/aromatic N) is 1. The highest BCUT2D eigenvalue weighted by molar-refractivity contribution is 7.91. The summed E-state index contributed by atoms with van der Waals surface area (Å²) in [7, 11) is 0.0654. The Labute approximate surface area is 131 Å². The van der Waals surface area contributed by atoms with Crippen LogP contribution in [0.2, 0.25) is 0 Å². The number of methoxy groups -OCH3 is 1. The van der Waals surface area contributed by atoms with E-state index >= 15 is 0 Å². The Balaban J connectivity index is 1.96. The Bertz CT molecular complexity index is 721. The van der Waals surface area contributed by atoms with Gasteiger partial charge < -0.3 is 9.15 Å². The predicted molar refractivity (Wildman–Crippen MR) is 84.8 cm³/mol. The minimum Gasteiger partial charge on any atom is -0.497 e. The van der Waals surface area contributed by atoms with Crippen molar-refractivity contribution in [2.24, 2.45) is 0 Å². The number of benzene rings is 1. The number of hydrogen-bond donors (Lipinski definition) is 0. The van der Waals surface area contributed by atoms with Gasteiger partial charge in [0, 0.05) is 6.54 Å². The molecule has 0 saturated carbocycles. The Morgan fingerprint density at radius 2 is 2.00 bits per heavy atom. The topological polar surface area (TPSA) is 59.8 Å². The second kappa shape index (κ2) is 6.98. The van der Waals surface area contributed by atoms with Gasteiger partial charge in [-0.2, -0.15) is 0 Å². The molecule has 5 nitrogen and oxygen atoms in total. The van der Waals surface area contributed by atoms with Gasteiger partial charge in [-0.1, -0.05) is 6.07 Å². The zero-order valence-electron chi connectivity index (χ0n) is 13.1. The van der Waals surface area contributed by atoms with Gasteiger partial charge in [-0.3, -0.25) is 4.90 Å². The number of rotatable bonds is 7. The molecule has 1 aromatic heterocycles. The minimum absolute atomic E-state index is 0.0519. The van der Waals surface area contributed by atoms with E-state index in [0.717, 1.165) is 11.5 Å². The van der Waals surface area contributed by atoms with Crippen LogP contribution in [0.3, 0.4) is 0 Å². The lowest BCUT2D eigenvalue weighted by Crippen LogP contribution is -2.25. The quantitative estimate of drug-likeness (QED) is 0.783. The van der Waals surface area contributed by atoms with Gasteiger partial charge in [0.2, 0.25) is 0 Å². The third kappa shape index (κ3) is 4.35. The van der Waals surface area contributed by atoms with Crippen molar-refractivity contribution in [2.45, 2.75) is 18.4 Å². The number of aryl methyl sites for hydroxylation is 1. The minimum atomic E-state index is -3.33. The first-order chi connectivity index (χ1) is 10.4. The van der Waals surface area contributed by atoms with Crippen molar-refractivity contribution in [1.82, 2.24) is 4.90 Å². The van der Waals surface area contributed by atoms with Crippen molar-refractivity contribution in [2.75, 3.05) is 26.5 Å². The third-order valence-electron chi connectivity index (χ3n) is 3.36. The van der Waals surface area contributed by atoms with E-state index in [1.165, 1.54) is 7.11 Å². The second-order valence-electron chi connectivity index (χ2n) is 5.25. The van der Waals surface area contributed by atoms with Crippen LogP contribution in [0.5, 0.6) is 5.75 Å². The summed E-state index contributed by atoms with van der Waals surface area (Å²) < 4.78 is 35.3. The molecule has 6 heteroatoms. The molecule has 0 fully saturated rings. The molecule has 120 valence electrons. The molecule has 0 amide bonds. The highest BCUT2D eigenvalue weighted by Crippen LogP contribution is 2.18. The zero-order valence-corrected chi connectivity index (χ0v) is 13.9. The van der Waals surface area contributed by atoms with Gasteiger partial charge in [0.25, 0.3) is 0 Å². The van der Waals surface area contributed by atoms with Crippen LogP contribution in [0, 0.1) is 6.92 Å². The first-order valence-corrected chi connectivity index (χ1v) is 8.66. The van der Waals surface area contributed by atoms with E-state index < -0.39 is 9.84 Å². The fourth-order valence-electron chi connectivity index (χ4n) is 2.10. The van der Waals surface area contributed by atoms with Gasteiger partial charge in [-0.05, 0) is 44.3 Å². The maximum atomic E-state index is 12.4. The zero-order chi connectivity index (χ0) is 16.2. The van der Waals surface area contributed by atoms with E-state index in [2.05, 4.69) is 0 Å². The lowest BCUT2D eigenvalue weighted by Gasteiger charge is -2.15. The van der Waals surface area contributed by atoms with Crippen LogP contribution in [0.4, 0.5) is 0 Å². The molecule has 0 unspecified atom stereocenters. The van der Waals surface area contributed by atoms with E-state index in [1.807, 2.05) is 31.0 Å². The summed E-state index contributed by atoms with van der Waals surface area (Å²) in [5.74, 6) is 2.28. The van der Waals surface area contributed by atoms with Crippen LogP contribution in [0.15, 0.2) is 45.7 Å². The van der Waals surface area contributed by atoms with Crippen LogP contribution in [0.25, 0.3) is 0 Å². The molecule has 0 spiro atoms. The number of furan rings is 1. The summed E-state index contributed by atoms with van der Waals surface area (Å²) in [4.78, 5) is 2.21. The van der Waals surface area contributed by atoms with Gasteiger partial charge >= 0.3 is 0 Å². The normalized spacial score (nSPS) is 11.8.